The van der Waals surface area contributed by atoms with Crippen molar-refractivity contribution < 1.29 is 9.32 Å². The molecule has 4 rings (SSSR count). The normalized spacial score (nSPS) is 21.5. The fourth-order valence-corrected chi connectivity index (χ4v) is 4.91. The zero-order chi connectivity index (χ0) is 23.0. The third-order valence-electron chi connectivity index (χ3n) is 6.91. The molecule has 1 N–H and O–H groups in total. The molecular formula is C26H35N5O2. The predicted molar refractivity (Wildman–Crippen MR) is 130 cm³/mol. The first-order valence-electron chi connectivity index (χ1n) is 12.0. The smallest absolute Gasteiger partial charge is 0.223 e. The van der Waals surface area contributed by atoms with Crippen LogP contribution in [0.2, 0.25) is 0 Å². The Bertz CT molecular complexity index is 930. The number of aromatic nitrogens is 1. The number of piperazine rings is 1. The number of piperidine rings is 1. The molecule has 7 nitrogen and oxygen atoms in total. The van der Waals surface area contributed by atoms with E-state index in [1.54, 1.807) is 11.9 Å². The maximum Gasteiger partial charge on any atom is 0.223 e. The van der Waals surface area contributed by atoms with Crippen LogP contribution in [0.1, 0.15) is 24.3 Å². The molecule has 0 aliphatic carbocycles. The first-order chi connectivity index (χ1) is 16.1. The van der Waals surface area contributed by atoms with Gasteiger partial charge in [0.15, 0.2) is 5.76 Å². The van der Waals surface area contributed by atoms with E-state index < -0.39 is 0 Å². The lowest BCUT2D eigenvalue weighted by Crippen LogP contribution is -2.45. The molecule has 2 fully saturated rings. The van der Waals surface area contributed by atoms with Crippen molar-refractivity contribution in [2.75, 3.05) is 57.8 Å². The number of amides is 1. The summed E-state index contributed by atoms with van der Waals surface area (Å²) in [6.45, 7) is 7.05. The standard InChI is InChI=1S/C26H35N5O2/c1-3-11-29(2)26(32)17-21-9-10-27-19-22(21)16-23-18-25(33-28-23)20-30-12-14-31(15-13-30)24-7-5-4-6-8-24/h1,4-8,18,21-22,27H,9-17,19-20H2,2H3/t21-,22-/m0/s1. The molecule has 0 spiro atoms. The van der Waals surface area contributed by atoms with Crippen LogP contribution in [-0.4, -0.2) is 73.7 Å². The Labute approximate surface area is 197 Å². The highest BCUT2D eigenvalue weighted by atomic mass is 16.5. The van der Waals surface area contributed by atoms with Crippen LogP contribution in [0, 0.1) is 24.2 Å². The number of carbonyl (C=O) groups excluding carboxylic acids is 1. The van der Waals surface area contributed by atoms with E-state index in [-0.39, 0.29) is 5.91 Å². The van der Waals surface area contributed by atoms with Gasteiger partial charge in [0.1, 0.15) is 0 Å². The molecule has 1 aromatic carbocycles. The van der Waals surface area contributed by atoms with Gasteiger partial charge in [-0.3, -0.25) is 9.69 Å². The number of benzene rings is 1. The Kier molecular flexibility index (Phi) is 8.03. The summed E-state index contributed by atoms with van der Waals surface area (Å²) in [5.41, 5.74) is 2.27. The van der Waals surface area contributed by atoms with Crippen molar-refractivity contribution in [3.8, 4) is 12.3 Å². The Morgan fingerprint density at radius 3 is 2.79 bits per heavy atom. The first kappa shape index (κ1) is 23.3. The van der Waals surface area contributed by atoms with Gasteiger partial charge in [-0.25, -0.2) is 0 Å². The second kappa shape index (κ2) is 11.4. The fraction of sp³-hybridized carbons (Fsp3) is 0.538. The van der Waals surface area contributed by atoms with Crippen LogP contribution in [0.5, 0.6) is 0 Å². The molecule has 2 aromatic rings. The van der Waals surface area contributed by atoms with E-state index in [1.807, 2.05) is 0 Å². The summed E-state index contributed by atoms with van der Waals surface area (Å²) in [4.78, 5) is 19.0. The van der Waals surface area contributed by atoms with Crippen LogP contribution in [0.25, 0.3) is 0 Å². The average molecular weight is 450 g/mol. The first-order valence-corrected chi connectivity index (χ1v) is 12.0. The lowest BCUT2D eigenvalue weighted by molar-refractivity contribution is -0.131. The number of anilines is 1. The topological polar surface area (TPSA) is 64.9 Å². The van der Waals surface area contributed by atoms with Crippen LogP contribution in [0.3, 0.4) is 0 Å². The van der Waals surface area contributed by atoms with Crippen LogP contribution < -0.4 is 10.2 Å². The highest BCUT2D eigenvalue weighted by molar-refractivity contribution is 5.76. The molecule has 7 heteroatoms. The number of carbonyl (C=O) groups is 1. The molecule has 176 valence electrons. The van der Waals surface area contributed by atoms with Crippen LogP contribution >= 0.6 is 0 Å². The minimum Gasteiger partial charge on any atom is -0.369 e. The molecule has 0 unspecified atom stereocenters. The molecule has 1 aromatic heterocycles. The van der Waals surface area contributed by atoms with Crippen molar-refractivity contribution in [2.45, 2.75) is 25.8 Å². The zero-order valence-corrected chi connectivity index (χ0v) is 19.6. The van der Waals surface area contributed by atoms with Gasteiger partial charge in [0.05, 0.1) is 18.8 Å². The Hall–Kier alpha value is -2.82. The molecule has 0 bridgehead atoms. The summed E-state index contributed by atoms with van der Waals surface area (Å²) < 4.78 is 5.68. The molecule has 0 saturated carbocycles. The highest BCUT2D eigenvalue weighted by Crippen LogP contribution is 2.27. The predicted octanol–water partition coefficient (Wildman–Crippen LogP) is 2.25. The van der Waals surface area contributed by atoms with Gasteiger partial charge in [-0.2, -0.15) is 0 Å². The van der Waals surface area contributed by atoms with E-state index in [2.05, 4.69) is 62.6 Å². The summed E-state index contributed by atoms with van der Waals surface area (Å²) in [7, 11) is 1.78. The van der Waals surface area contributed by atoms with E-state index in [4.69, 9.17) is 10.9 Å². The maximum absolute atomic E-state index is 12.5. The zero-order valence-electron chi connectivity index (χ0n) is 19.6. The van der Waals surface area contributed by atoms with Gasteiger partial charge < -0.3 is 19.6 Å². The Balaban J connectivity index is 1.27. The molecule has 2 aliphatic heterocycles. The lowest BCUT2D eigenvalue weighted by Gasteiger charge is -2.35. The van der Waals surface area contributed by atoms with Gasteiger partial charge in [0.2, 0.25) is 5.91 Å². The van der Waals surface area contributed by atoms with E-state index >= 15 is 0 Å². The van der Waals surface area contributed by atoms with Crippen molar-refractivity contribution >= 4 is 11.6 Å². The van der Waals surface area contributed by atoms with Crippen molar-refractivity contribution in [1.29, 1.82) is 0 Å². The SMILES string of the molecule is C#CCN(C)C(=O)C[C@@H]1CCNC[C@@H]1Cc1cc(CN2CCN(c3ccccc3)CC2)on1. The lowest BCUT2D eigenvalue weighted by atomic mass is 9.81. The second-order valence-electron chi connectivity index (χ2n) is 9.26. The number of rotatable bonds is 8. The average Bonchev–Trinajstić information content (AvgIpc) is 3.28. The summed E-state index contributed by atoms with van der Waals surface area (Å²) in [5.74, 6) is 4.30. The van der Waals surface area contributed by atoms with Crippen LogP contribution in [-0.2, 0) is 17.8 Å². The summed E-state index contributed by atoms with van der Waals surface area (Å²) in [6.07, 6.45) is 7.72. The molecule has 0 radical (unpaired) electrons. The third kappa shape index (κ3) is 6.37. The van der Waals surface area contributed by atoms with Crippen LogP contribution in [0.4, 0.5) is 5.69 Å². The van der Waals surface area contributed by atoms with Crippen molar-refractivity contribution in [3.05, 3.63) is 47.9 Å². The summed E-state index contributed by atoms with van der Waals surface area (Å²) >= 11 is 0. The quantitative estimate of drug-likeness (QED) is 0.624. The van der Waals surface area contributed by atoms with E-state index in [1.165, 1.54) is 5.69 Å². The maximum atomic E-state index is 12.5. The minimum atomic E-state index is 0.125. The Morgan fingerprint density at radius 2 is 2.03 bits per heavy atom. The van der Waals surface area contributed by atoms with E-state index in [0.29, 0.717) is 24.8 Å². The molecule has 1 amide bonds. The Morgan fingerprint density at radius 1 is 1.24 bits per heavy atom. The van der Waals surface area contributed by atoms with Crippen molar-refractivity contribution in [2.24, 2.45) is 11.8 Å². The number of nitrogens with one attached hydrogen (secondary N) is 1. The van der Waals surface area contributed by atoms with Gasteiger partial charge in [0.25, 0.3) is 0 Å². The molecule has 3 heterocycles. The monoisotopic (exact) mass is 449 g/mol. The van der Waals surface area contributed by atoms with Crippen molar-refractivity contribution in [1.82, 2.24) is 20.3 Å². The van der Waals surface area contributed by atoms with Gasteiger partial charge >= 0.3 is 0 Å². The number of hydrogen-bond acceptors (Lipinski definition) is 6. The summed E-state index contributed by atoms with van der Waals surface area (Å²) in [6, 6.07) is 12.7. The van der Waals surface area contributed by atoms with Gasteiger partial charge in [0, 0.05) is 51.4 Å². The number of para-hydroxylation sites is 1. The van der Waals surface area contributed by atoms with E-state index in [9.17, 15) is 4.79 Å². The molecule has 2 saturated heterocycles. The number of terminal acetylenes is 1. The number of hydrogen-bond donors (Lipinski definition) is 1. The number of nitrogens with zero attached hydrogens (tertiary/aromatic N) is 4. The van der Waals surface area contributed by atoms with Gasteiger partial charge in [-0.1, -0.05) is 29.3 Å². The summed E-state index contributed by atoms with van der Waals surface area (Å²) in [5, 5.41) is 7.83. The fourth-order valence-electron chi connectivity index (χ4n) is 4.91. The largest absolute Gasteiger partial charge is 0.369 e. The molecule has 2 aliphatic rings. The highest BCUT2D eigenvalue weighted by Gasteiger charge is 2.29. The minimum absolute atomic E-state index is 0.125. The molecule has 33 heavy (non-hydrogen) atoms. The molecular weight excluding hydrogens is 414 g/mol. The van der Waals surface area contributed by atoms with Crippen LogP contribution in [0.15, 0.2) is 40.9 Å². The molecule has 2 atom stereocenters. The third-order valence-corrected chi connectivity index (χ3v) is 6.91. The van der Waals surface area contributed by atoms with Crippen molar-refractivity contribution in [3.63, 3.8) is 0 Å². The van der Waals surface area contributed by atoms with E-state index in [0.717, 1.165) is 70.1 Å². The second-order valence-corrected chi connectivity index (χ2v) is 9.26. The van der Waals surface area contributed by atoms with Gasteiger partial charge in [-0.15, -0.1) is 6.42 Å². The van der Waals surface area contributed by atoms with Gasteiger partial charge in [-0.05, 0) is 49.9 Å².